The van der Waals surface area contributed by atoms with Crippen LogP contribution in [-0.2, 0) is 4.79 Å². The van der Waals surface area contributed by atoms with Crippen molar-refractivity contribution in [3.63, 3.8) is 0 Å². The summed E-state index contributed by atoms with van der Waals surface area (Å²) in [4.78, 5) is 14.3. The lowest BCUT2D eigenvalue weighted by atomic mass is 9.74. The molecule has 0 spiro atoms. The van der Waals surface area contributed by atoms with Crippen molar-refractivity contribution >= 4 is 23.2 Å². The lowest BCUT2D eigenvalue weighted by molar-refractivity contribution is -0.123. The summed E-state index contributed by atoms with van der Waals surface area (Å²) in [6.07, 6.45) is 2.87. The Morgan fingerprint density at radius 3 is 2.56 bits per heavy atom. The van der Waals surface area contributed by atoms with Crippen molar-refractivity contribution in [2.45, 2.75) is 37.3 Å². The van der Waals surface area contributed by atoms with Gasteiger partial charge in [0.05, 0.1) is 11.6 Å². The van der Waals surface area contributed by atoms with Crippen LogP contribution in [0.1, 0.15) is 36.6 Å². The van der Waals surface area contributed by atoms with Gasteiger partial charge in [-0.1, -0.05) is 61.9 Å². The van der Waals surface area contributed by atoms with Gasteiger partial charge in [0.2, 0.25) is 0 Å². The van der Waals surface area contributed by atoms with Gasteiger partial charge in [-0.15, -0.1) is 11.8 Å². The summed E-state index contributed by atoms with van der Waals surface area (Å²) in [5.41, 5.74) is 4.52. The lowest BCUT2D eigenvalue weighted by Gasteiger charge is -2.35. The molecule has 0 amide bonds. The molecule has 0 unspecified atom stereocenters. The third kappa shape index (κ3) is 3.13. The molecular weight excluding hydrogens is 326 g/mol. The predicted octanol–water partition coefficient (Wildman–Crippen LogP) is 5.75. The molecule has 1 heterocycles. The normalized spacial score (nSPS) is 24.4. The molecule has 2 aromatic rings. The summed E-state index contributed by atoms with van der Waals surface area (Å²) >= 11 is 1.80. The first-order valence-electron chi connectivity index (χ1n) is 8.78. The Hall–Kier alpha value is -2.00. The minimum Gasteiger partial charge on any atom is -0.358 e. The number of rotatable bonds is 1. The molecule has 0 saturated carbocycles. The SMILES string of the molecule is Cc1ccc([C@H]2Sc3ccccc3NC3=CC(C)(C)CC(=O)[C@@H]32)cc1. The number of hydrogen-bond donors (Lipinski definition) is 1. The fourth-order valence-electron chi connectivity index (χ4n) is 3.79. The van der Waals surface area contributed by atoms with Crippen molar-refractivity contribution in [3.05, 3.63) is 71.4 Å². The highest BCUT2D eigenvalue weighted by Gasteiger charge is 2.41. The number of allylic oxidation sites excluding steroid dienone is 2. The van der Waals surface area contributed by atoms with Crippen molar-refractivity contribution in [2.75, 3.05) is 5.32 Å². The van der Waals surface area contributed by atoms with Crippen LogP contribution in [0.25, 0.3) is 0 Å². The minimum atomic E-state index is -0.117. The molecule has 128 valence electrons. The van der Waals surface area contributed by atoms with E-state index in [-0.39, 0.29) is 16.6 Å². The zero-order valence-electron chi connectivity index (χ0n) is 14.9. The summed E-state index contributed by atoms with van der Waals surface area (Å²) in [6, 6.07) is 17.0. The third-order valence-corrected chi connectivity index (χ3v) is 6.39. The van der Waals surface area contributed by atoms with E-state index >= 15 is 0 Å². The van der Waals surface area contributed by atoms with E-state index < -0.39 is 0 Å². The number of benzene rings is 2. The Labute approximate surface area is 153 Å². The summed E-state index contributed by atoms with van der Waals surface area (Å²) < 4.78 is 0. The Kier molecular flexibility index (Phi) is 3.99. The van der Waals surface area contributed by atoms with E-state index in [2.05, 4.69) is 74.6 Å². The van der Waals surface area contributed by atoms with Crippen molar-refractivity contribution in [1.29, 1.82) is 0 Å². The van der Waals surface area contributed by atoms with Gasteiger partial charge in [0.15, 0.2) is 0 Å². The molecule has 3 heteroatoms. The Morgan fingerprint density at radius 2 is 1.80 bits per heavy atom. The van der Waals surface area contributed by atoms with E-state index in [0.29, 0.717) is 12.2 Å². The molecule has 0 bridgehead atoms. The van der Waals surface area contributed by atoms with E-state index in [4.69, 9.17) is 0 Å². The van der Waals surface area contributed by atoms with Crippen LogP contribution in [-0.4, -0.2) is 5.78 Å². The number of thioether (sulfide) groups is 1. The average Bonchev–Trinajstić information content (AvgIpc) is 2.70. The van der Waals surface area contributed by atoms with Crippen LogP contribution in [0.15, 0.2) is 65.2 Å². The average molecular weight is 349 g/mol. The maximum Gasteiger partial charge on any atom is 0.144 e. The number of carbonyl (C=O) groups excluding carboxylic acids is 1. The molecule has 2 aliphatic rings. The van der Waals surface area contributed by atoms with Gasteiger partial charge >= 0.3 is 0 Å². The van der Waals surface area contributed by atoms with Crippen molar-refractivity contribution in [2.24, 2.45) is 11.3 Å². The maximum absolute atomic E-state index is 13.1. The number of fused-ring (bicyclic) bond motifs is 2. The number of carbonyl (C=O) groups is 1. The highest BCUT2D eigenvalue weighted by atomic mass is 32.2. The van der Waals surface area contributed by atoms with Gasteiger partial charge in [0.1, 0.15) is 5.78 Å². The number of para-hydroxylation sites is 1. The van der Waals surface area contributed by atoms with Gasteiger partial charge in [0.25, 0.3) is 0 Å². The standard InChI is InChI=1S/C22H23NOS/c1-14-8-10-15(11-9-14)21-20-17(12-22(2,3)13-18(20)24)23-16-6-4-5-7-19(16)25-21/h4-12,20-21,23H,13H2,1-3H3/t20-,21-/m1/s1. The largest absolute Gasteiger partial charge is 0.358 e. The number of anilines is 1. The second-order valence-electron chi connectivity index (χ2n) is 7.78. The van der Waals surface area contributed by atoms with Crippen LogP contribution >= 0.6 is 11.8 Å². The molecule has 0 saturated heterocycles. The van der Waals surface area contributed by atoms with E-state index in [1.54, 1.807) is 11.8 Å². The first kappa shape index (κ1) is 16.5. The second kappa shape index (κ2) is 6.06. The number of Topliss-reactive ketones (excluding diaryl/α,β-unsaturated/α-hetero) is 1. The van der Waals surface area contributed by atoms with Gasteiger partial charge in [0, 0.05) is 22.3 Å². The van der Waals surface area contributed by atoms with Gasteiger partial charge in [-0.2, -0.15) is 0 Å². The molecular formula is C22H23NOS. The molecule has 2 aromatic carbocycles. The molecule has 1 aliphatic carbocycles. The first-order valence-corrected chi connectivity index (χ1v) is 9.66. The Bertz CT molecular complexity index is 851. The summed E-state index contributed by atoms with van der Waals surface area (Å²) in [7, 11) is 0. The topological polar surface area (TPSA) is 29.1 Å². The van der Waals surface area contributed by atoms with E-state index in [0.717, 1.165) is 11.4 Å². The van der Waals surface area contributed by atoms with Crippen LogP contribution in [0.3, 0.4) is 0 Å². The summed E-state index contributed by atoms with van der Waals surface area (Å²) in [6.45, 7) is 6.38. The summed E-state index contributed by atoms with van der Waals surface area (Å²) in [5.74, 6) is 0.217. The molecule has 0 fully saturated rings. The smallest absolute Gasteiger partial charge is 0.144 e. The molecule has 0 radical (unpaired) electrons. The first-order chi connectivity index (χ1) is 11.9. The van der Waals surface area contributed by atoms with Crippen molar-refractivity contribution < 1.29 is 4.79 Å². The highest BCUT2D eigenvalue weighted by Crippen LogP contribution is 2.52. The van der Waals surface area contributed by atoms with E-state index in [9.17, 15) is 4.79 Å². The van der Waals surface area contributed by atoms with Gasteiger partial charge < -0.3 is 5.32 Å². The number of aryl methyl sites for hydroxylation is 1. The van der Waals surface area contributed by atoms with Crippen LogP contribution in [0, 0.1) is 18.3 Å². The molecule has 1 N–H and O–H groups in total. The monoisotopic (exact) mass is 349 g/mol. The molecule has 25 heavy (non-hydrogen) atoms. The maximum atomic E-state index is 13.1. The Morgan fingerprint density at radius 1 is 1.08 bits per heavy atom. The third-order valence-electron chi connectivity index (χ3n) is 4.99. The quantitative estimate of drug-likeness (QED) is 0.710. The molecule has 2 atom stereocenters. The summed E-state index contributed by atoms with van der Waals surface area (Å²) in [5, 5.41) is 3.68. The van der Waals surface area contributed by atoms with Crippen molar-refractivity contribution in [1.82, 2.24) is 0 Å². The zero-order chi connectivity index (χ0) is 17.6. The molecule has 2 nitrogen and oxygen atoms in total. The lowest BCUT2D eigenvalue weighted by Crippen LogP contribution is -2.34. The molecule has 0 aromatic heterocycles. The van der Waals surface area contributed by atoms with E-state index in [1.807, 2.05) is 6.07 Å². The second-order valence-corrected chi connectivity index (χ2v) is 8.96. The molecule has 1 aliphatic heterocycles. The van der Waals surface area contributed by atoms with Gasteiger partial charge in [-0.25, -0.2) is 0 Å². The number of nitrogens with one attached hydrogen (secondary N) is 1. The minimum absolute atomic E-state index is 0.0995. The van der Waals surface area contributed by atoms with Gasteiger partial charge in [-0.3, -0.25) is 4.79 Å². The number of ketones is 1. The van der Waals surface area contributed by atoms with Crippen LogP contribution < -0.4 is 5.32 Å². The van der Waals surface area contributed by atoms with Crippen molar-refractivity contribution in [3.8, 4) is 0 Å². The predicted molar refractivity (Wildman–Crippen MR) is 105 cm³/mol. The van der Waals surface area contributed by atoms with E-state index in [1.165, 1.54) is 16.0 Å². The van der Waals surface area contributed by atoms with Crippen LogP contribution in [0.4, 0.5) is 5.69 Å². The highest BCUT2D eigenvalue weighted by molar-refractivity contribution is 7.99. The fourth-order valence-corrected chi connectivity index (χ4v) is 5.19. The zero-order valence-corrected chi connectivity index (χ0v) is 15.7. The van der Waals surface area contributed by atoms with Crippen LogP contribution in [0.5, 0.6) is 0 Å². The molecule has 4 rings (SSSR count). The number of hydrogen-bond acceptors (Lipinski definition) is 3. The van der Waals surface area contributed by atoms with Crippen LogP contribution in [0.2, 0.25) is 0 Å². The Balaban J connectivity index is 1.87. The fraction of sp³-hybridized carbons (Fsp3) is 0.318. The van der Waals surface area contributed by atoms with Gasteiger partial charge in [-0.05, 0) is 30.0 Å².